The minimum Gasteiger partial charge on any atom is -0.493 e. The second-order valence-electron chi connectivity index (χ2n) is 4.02. The quantitative estimate of drug-likeness (QED) is 0.576. The summed E-state index contributed by atoms with van der Waals surface area (Å²) in [6.07, 6.45) is 6.97. The summed E-state index contributed by atoms with van der Waals surface area (Å²) in [6, 6.07) is 3.88. The van der Waals surface area contributed by atoms with E-state index < -0.39 is 0 Å². The number of ether oxygens (including phenoxy) is 3. The van der Waals surface area contributed by atoms with E-state index in [1.54, 1.807) is 21.3 Å². The van der Waals surface area contributed by atoms with Crippen molar-refractivity contribution in [1.29, 1.82) is 0 Å². The smallest absolute Gasteiger partial charge is 0.203 e. The van der Waals surface area contributed by atoms with E-state index in [0.29, 0.717) is 17.2 Å². The van der Waals surface area contributed by atoms with Crippen LogP contribution in [-0.4, -0.2) is 27.9 Å². The highest BCUT2D eigenvalue weighted by molar-refractivity contribution is 5.53. The highest BCUT2D eigenvalue weighted by atomic mass is 16.5. The topological polar surface area (TPSA) is 39.7 Å². The third kappa shape index (κ3) is 4.38. The van der Waals surface area contributed by atoms with E-state index in [0.717, 1.165) is 31.5 Å². The van der Waals surface area contributed by atoms with Crippen LogP contribution in [0.15, 0.2) is 12.1 Å². The molecule has 104 valence electrons. The van der Waals surface area contributed by atoms with Gasteiger partial charge in [-0.1, -0.05) is 0 Å². The van der Waals surface area contributed by atoms with Crippen LogP contribution in [0.5, 0.6) is 17.2 Å². The molecule has 0 amide bonds. The fraction of sp³-hybridized carbons (Fsp3) is 0.467. The number of nitrogens with one attached hydrogen (secondary N) is 1. The van der Waals surface area contributed by atoms with Gasteiger partial charge in [0.25, 0.3) is 0 Å². The van der Waals surface area contributed by atoms with Crippen LogP contribution >= 0.6 is 0 Å². The maximum absolute atomic E-state index is 5.30. The average Bonchev–Trinajstić information content (AvgIpc) is 2.45. The molecule has 0 bridgehead atoms. The Bertz CT molecular complexity index is 413. The molecule has 4 nitrogen and oxygen atoms in total. The van der Waals surface area contributed by atoms with Gasteiger partial charge >= 0.3 is 0 Å². The van der Waals surface area contributed by atoms with Crippen molar-refractivity contribution >= 4 is 0 Å². The first-order valence-corrected chi connectivity index (χ1v) is 6.19. The molecule has 0 unspecified atom stereocenters. The van der Waals surface area contributed by atoms with E-state index in [4.69, 9.17) is 20.6 Å². The lowest BCUT2D eigenvalue weighted by Crippen LogP contribution is -2.14. The zero-order valence-corrected chi connectivity index (χ0v) is 11.8. The van der Waals surface area contributed by atoms with Crippen molar-refractivity contribution in [1.82, 2.24) is 5.32 Å². The van der Waals surface area contributed by atoms with Crippen LogP contribution in [-0.2, 0) is 6.54 Å². The minimum atomic E-state index is 0.612. The lowest BCUT2D eigenvalue weighted by atomic mass is 10.1. The molecule has 0 radical (unpaired) electrons. The summed E-state index contributed by atoms with van der Waals surface area (Å²) in [5, 5.41) is 3.33. The molecule has 0 saturated heterocycles. The molecule has 4 heteroatoms. The maximum atomic E-state index is 5.30. The number of benzene rings is 1. The minimum absolute atomic E-state index is 0.612. The fourth-order valence-corrected chi connectivity index (χ4v) is 1.79. The van der Waals surface area contributed by atoms with Crippen molar-refractivity contribution in [2.45, 2.75) is 19.4 Å². The summed E-state index contributed by atoms with van der Waals surface area (Å²) in [5.41, 5.74) is 1.08. The lowest BCUT2D eigenvalue weighted by molar-refractivity contribution is 0.323. The highest BCUT2D eigenvalue weighted by Gasteiger charge is 2.12. The Hall–Kier alpha value is -1.86. The molecule has 0 atom stereocenters. The third-order valence-corrected chi connectivity index (χ3v) is 2.73. The van der Waals surface area contributed by atoms with Gasteiger partial charge in [0, 0.05) is 13.0 Å². The average molecular weight is 263 g/mol. The summed E-state index contributed by atoms with van der Waals surface area (Å²) >= 11 is 0. The first kappa shape index (κ1) is 15.2. The van der Waals surface area contributed by atoms with Gasteiger partial charge in [-0.25, -0.2) is 0 Å². The fourth-order valence-electron chi connectivity index (χ4n) is 1.79. The van der Waals surface area contributed by atoms with E-state index in [9.17, 15) is 0 Å². The predicted octanol–water partition coefficient (Wildman–Crippen LogP) is 2.22. The van der Waals surface area contributed by atoms with Gasteiger partial charge in [0.2, 0.25) is 5.75 Å². The van der Waals surface area contributed by atoms with Crippen molar-refractivity contribution in [3.63, 3.8) is 0 Å². The van der Waals surface area contributed by atoms with Crippen molar-refractivity contribution in [2.75, 3.05) is 27.9 Å². The van der Waals surface area contributed by atoms with Gasteiger partial charge in [0.1, 0.15) is 0 Å². The van der Waals surface area contributed by atoms with Gasteiger partial charge in [-0.05, 0) is 30.7 Å². The van der Waals surface area contributed by atoms with Gasteiger partial charge in [0.05, 0.1) is 21.3 Å². The molecule has 1 aromatic carbocycles. The Kier molecular flexibility index (Phi) is 6.62. The normalized spacial score (nSPS) is 9.79. The van der Waals surface area contributed by atoms with E-state index in [2.05, 4.69) is 11.2 Å². The summed E-state index contributed by atoms with van der Waals surface area (Å²) in [6.45, 7) is 1.63. The second-order valence-corrected chi connectivity index (χ2v) is 4.02. The van der Waals surface area contributed by atoms with Crippen LogP contribution in [0.3, 0.4) is 0 Å². The van der Waals surface area contributed by atoms with Crippen molar-refractivity contribution in [2.24, 2.45) is 0 Å². The van der Waals surface area contributed by atoms with E-state index in [-0.39, 0.29) is 0 Å². The van der Waals surface area contributed by atoms with Crippen LogP contribution in [0.2, 0.25) is 0 Å². The summed E-state index contributed by atoms with van der Waals surface area (Å²) < 4.78 is 15.9. The molecule has 0 aliphatic carbocycles. The molecule has 0 aliphatic heterocycles. The summed E-state index contributed by atoms with van der Waals surface area (Å²) in [5.74, 6) is 4.57. The summed E-state index contributed by atoms with van der Waals surface area (Å²) in [7, 11) is 4.82. The molecule has 1 N–H and O–H groups in total. The Morgan fingerprint density at radius 1 is 1.11 bits per heavy atom. The lowest BCUT2D eigenvalue weighted by Gasteiger charge is -2.14. The largest absolute Gasteiger partial charge is 0.493 e. The zero-order chi connectivity index (χ0) is 14.1. The monoisotopic (exact) mass is 263 g/mol. The van der Waals surface area contributed by atoms with E-state index in [1.807, 2.05) is 12.1 Å². The third-order valence-electron chi connectivity index (χ3n) is 2.73. The number of hydrogen-bond donors (Lipinski definition) is 1. The SMILES string of the molecule is C#CCCCNCc1cc(OC)c(OC)c(OC)c1. The molecule has 1 rings (SSSR count). The van der Waals surface area contributed by atoms with Gasteiger partial charge < -0.3 is 19.5 Å². The van der Waals surface area contributed by atoms with Crippen LogP contribution in [0.4, 0.5) is 0 Å². The number of unbranched alkanes of at least 4 members (excludes halogenated alkanes) is 1. The number of hydrogen-bond acceptors (Lipinski definition) is 4. The molecule has 1 aromatic rings. The maximum Gasteiger partial charge on any atom is 0.203 e. The molecule has 0 fully saturated rings. The molecule has 0 aliphatic rings. The molecule has 0 heterocycles. The Morgan fingerprint density at radius 2 is 1.74 bits per heavy atom. The first-order valence-electron chi connectivity index (χ1n) is 6.19. The van der Waals surface area contributed by atoms with Gasteiger partial charge in [0.15, 0.2) is 11.5 Å². The number of methoxy groups -OCH3 is 3. The van der Waals surface area contributed by atoms with Gasteiger partial charge in [-0.15, -0.1) is 12.3 Å². The zero-order valence-electron chi connectivity index (χ0n) is 11.8. The molecule has 0 aromatic heterocycles. The van der Waals surface area contributed by atoms with E-state index >= 15 is 0 Å². The second kappa shape index (κ2) is 8.28. The number of terminal acetylenes is 1. The molecule has 0 spiro atoms. The first-order chi connectivity index (χ1) is 9.26. The van der Waals surface area contributed by atoms with Gasteiger partial charge in [-0.2, -0.15) is 0 Å². The molecule has 19 heavy (non-hydrogen) atoms. The van der Waals surface area contributed by atoms with Crippen LogP contribution in [0.25, 0.3) is 0 Å². The Balaban J connectivity index is 2.71. The Morgan fingerprint density at radius 3 is 2.21 bits per heavy atom. The van der Waals surface area contributed by atoms with Crippen molar-refractivity contribution in [3.05, 3.63) is 17.7 Å². The van der Waals surface area contributed by atoms with Crippen LogP contribution in [0.1, 0.15) is 18.4 Å². The van der Waals surface area contributed by atoms with Crippen LogP contribution < -0.4 is 19.5 Å². The standard InChI is InChI=1S/C15H21NO3/c1-5-6-7-8-16-11-12-9-13(17-2)15(19-4)14(10-12)18-3/h1,9-10,16H,6-8,11H2,2-4H3. The van der Waals surface area contributed by atoms with Crippen molar-refractivity contribution < 1.29 is 14.2 Å². The highest BCUT2D eigenvalue weighted by Crippen LogP contribution is 2.38. The predicted molar refractivity (Wildman–Crippen MR) is 75.9 cm³/mol. The van der Waals surface area contributed by atoms with Crippen LogP contribution in [0, 0.1) is 12.3 Å². The molecule has 0 saturated carbocycles. The summed E-state index contributed by atoms with van der Waals surface area (Å²) in [4.78, 5) is 0. The van der Waals surface area contributed by atoms with Crippen molar-refractivity contribution in [3.8, 4) is 29.6 Å². The number of rotatable bonds is 8. The van der Waals surface area contributed by atoms with Gasteiger partial charge in [-0.3, -0.25) is 0 Å². The molecular formula is C15H21NO3. The van der Waals surface area contributed by atoms with E-state index in [1.165, 1.54) is 0 Å². The molecular weight excluding hydrogens is 242 g/mol. The Labute approximate surface area is 115 Å².